The lowest BCUT2D eigenvalue weighted by molar-refractivity contribution is -0.118. The molecule has 1 aromatic carbocycles. The molecule has 0 spiro atoms. The van der Waals surface area contributed by atoms with E-state index in [2.05, 4.69) is 10.6 Å². The highest BCUT2D eigenvalue weighted by Gasteiger charge is 2.20. The van der Waals surface area contributed by atoms with Gasteiger partial charge in [-0.25, -0.2) is 0 Å². The molecule has 1 fully saturated rings. The van der Waals surface area contributed by atoms with Gasteiger partial charge in [-0.15, -0.1) is 11.3 Å². The van der Waals surface area contributed by atoms with E-state index in [9.17, 15) is 9.59 Å². The van der Waals surface area contributed by atoms with E-state index in [1.54, 1.807) is 30.3 Å². The molecule has 0 aliphatic heterocycles. The SMILES string of the molecule is O=C(NC1CCCCC1)C(=Cc1cccs1)NC(=O)c1ccccc1. The van der Waals surface area contributed by atoms with Crippen LogP contribution in [0.3, 0.4) is 0 Å². The Morgan fingerprint density at radius 2 is 1.76 bits per heavy atom. The van der Waals surface area contributed by atoms with Crippen molar-refractivity contribution in [2.75, 3.05) is 0 Å². The average Bonchev–Trinajstić information content (AvgIpc) is 3.16. The van der Waals surface area contributed by atoms with Gasteiger partial charge in [0.1, 0.15) is 5.70 Å². The van der Waals surface area contributed by atoms with Crippen molar-refractivity contribution >= 4 is 29.2 Å². The van der Waals surface area contributed by atoms with Crippen LogP contribution in [-0.2, 0) is 4.79 Å². The Morgan fingerprint density at radius 3 is 2.44 bits per heavy atom. The summed E-state index contributed by atoms with van der Waals surface area (Å²) in [6, 6.07) is 13.0. The first kappa shape index (κ1) is 17.4. The molecule has 1 aliphatic rings. The number of carbonyl (C=O) groups is 2. The van der Waals surface area contributed by atoms with Gasteiger partial charge in [0.05, 0.1) is 0 Å². The summed E-state index contributed by atoms with van der Waals surface area (Å²) in [5.41, 5.74) is 0.826. The van der Waals surface area contributed by atoms with Crippen LogP contribution in [0, 0.1) is 0 Å². The van der Waals surface area contributed by atoms with Crippen LogP contribution in [0.5, 0.6) is 0 Å². The number of hydrogen-bond acceptors (Lipinski definition) is 3. The number of amides is 2. The fraction of sp³-hybridized carbons (Fsp3) is 0.300. The topological polar surface area (TPSA) is 58.2 Å². The van der Waals surface area contributed by atoms with Crippen molar-refractivity contribution in [2.45, 2.75) is 38.1 Å². The maximum atomic E-state index is 12.7. The van der Waals surface area contributed by atoms with Crippen LogP contribution in [0.4, 0.5) is 0 Å². The summed E-state index contributed by atoms with van der Waals surface area (Å²) in [7, 11) is 0. The van der Waals surface area contributed by atoms with Crippen LogP contribution < -0.4 is 10.6 Å². The van der Waals surface area contributed by atoms with E-state index < -0.39 is 0 Å². The average molecular weight is 354 g/mol. The van der Waals surface area contributed by atoms with Crippen LogP contribution in [0.25, 0.3) is 6.08 Å². The second-order valence-corrected chi connectivity index (χ2v) is 7.18. The van der Waals surface area contributed by atoms with E-state index in [-0.39, 0.29) is 17.9 Å². The molecule has 2 amide bonds. The zero-order valence-corrected chi connectivity index (χ0v) is 14.9. The molecule has 25 heavy (non-hydrogen) atoms. The molecule has 3 rings (SSSR count). The lowest BCUT2D eigenvalue weighted by Gasteiger charge is -2.23. The molecule has 0 radical (unpaired) electrons. The van der Waals surface area contributed by atoms with Gasteiger partial charge in [0, 0.05) is 16.5 Å². The van der Waals surface area contributed by atoms with Crippen LogP contribution >= 0.6 is 11.3 Å². The maximum Gasteiger partial charge on any atom is 0.268 e. The summed E-state index contributed by atoms with van der Waals surface area (Å²) in [6.07, 6.45) is 7.27. The van der Waals surface area contributed by atoms with Gasteiger partial charge in [0.15, 0.2) is 0 Å². The van der Waals surface area contributed by atoms with Crippen molar-refractivity contribution in [1.82, 2.24) is 10.6 Å². The Hall–Kier alpha value is -2.40. The van der Waals surface area contributed by atoms with Crippen LogP contribution in [0.1, 0.15) is 47.3 Å². The molecule has 0 unspecified atom stereocenters. The predicted molar refractivity (Wildman–Crippen MR) is 101 cm³/mol. The highest BCUT2D eigenvalue weighted by molar-refractivity contribution is 7.10. The Morgan fingerprint density at radius 1 is 1.00 bits per heavy atom. The molecule has 0 saturated heterocycles. The van der Waals surface area contributed by atoms with Crippen LogP contribution in [0.2, 0.25) is 0 Å². The first-order valence-corrected chi connectivity index (χ1v) is 9.53. The Labute approximate surface area is 152 Å². The Bertz CT molecular complexity index is 732. The third-order valence-corrected chi connectivity index (χ3v) is 5.12. The number of thiophene rings is 1. The summed E-state index contributed by atoms with van der Waals surface area (Å²) in [5, 5.41) is 7.79. The fourth-order valence-corrected chi connectivity index (χ4v) is 3.63. The molecule has 1 saturated carbocycles. The first-order chi connectivity index (χ1) is 12.2. The van der Waals surface area contributed by atoms with Gasteiger partial charge in [-0.05, 0) is 42.5 Å². The molecule has 5 heteroatoms. The summed E-state index contributed by atoms with van der Waals surface area (Å²) < 4.78 is 0. The predicted octanol–water partition coefficient (Wildman–Crippen LogP) is 3.97. The minimum atomic E-state index is -0.276. The summed E-state index contributed by atoms with van der Waals surface area (Å²) >= 11 is 1.53. The van der Waals surface area contributed by atoms with Gasteiger partial charge in [0.25, 0.3) is 11.8 Å². The molecule has 0 atom stereocenters. The molecular formula is C20H22N2O2S. The fourth-order valence-electron chi connectivity index (χ4n) is 2.97. The molecule has 1 aromatic heterocycles. The molecule has 0 bridgehead atoms. The van der Waals surface area contributed by atoms with Gasteiger partial charge in [0.2, 0.25) is 0 Å². The molecule has 4 nitrogen and oxygen atoms in total. The summed E-state index contributed by atoms with van der Waals surface area (Å²) in [5.74, 6) is -0.494. The van der Waals surface area contributed by atoms with Crippen LogP contribution in [0.15, 0.2) is 53.5 Å². The van der Waals surface area contributed by atoms with Gasteiger partial charge in [-0.1, -0.05) is 43.5 Å². The normalized spacial score (nSPS) is 15.6. The zero-order valence-electron chi connectivity index (χ0n) is 14.0. The van der Waals surface area contributed by atoms with E-state index >= 15 is 0 Å². The number of benzene rings is 1. The molecule has 2 N–H and O–H groups in total. The summed E-state index contributed by atoms with van der Waals surface area (Å²) in [6.45, 7) is 0. The van der Waals surface area contributed by atoms with Gasteiger partial charge < -0.3 is 10.6 Å². The Balaban J connectivity index is 1.75. The monoisotopic (exact) mass is 354 g/mol. The summed E-state index contributed by atoms with van der Waals surface area (Å²) in [4.78, 5) is 26.1. The van der Waals surface area contributed by atoms with E-state index in [0.717, 1.165) is 30.6 Å². The number of carbonyl (C=O) groups excluding carboxylic acids is 2. The second kappa shape index (κ2) is 8.62. The smallest absolute Gasteiger partial charge is 0.268 e. The number of nitrogens with one attached hydrogen (secondary N) is 2. The van der Waals surface area contributed by atoms with Gasteiger partial charge in [-0.3, -0.25) is 9.59 Å². The lowest BCUT2D eigenvalue weighted by Crippen LogP contribution is -2.41. The third kappa shape index (κ3) is 5.03. The van der Waals surface area contributed by atoms with E-state index in [1.165, 1.54) is 17.8 Å². The number of hydrogen-bond donors (Lipinski definition) is 2. The standard InChI is InChI=1S/C20H22N2O2S/c23-19(15-8-3-1-4-9-15)22-18(14-17-12-7-13-25-17)20(24)21-16-10-5-2-6-11-16/h1,3-4,7-9,12-14,16H,2,5-6,10-11H2,(H,21,24)(H,22,23). The minimum absolute atomic E-state index is 0.196. The molecule has 1 aliphatic carbocycles. The number of rotatable bonds is 5. The highest BCUT2D eigenvalue weighted by atomic mass is 32.1. The zero-order chi connectivity index (χ0) is 17.5. The minimum Gasteiger partial charge on any atom is -0.348 e. The van der Waals surface area contributed by atoms with E-state index in [0.29, 0.717) is 11.3 Å². The quantitative estimate of drug-likeness (QED) is 0.798. The van der Waals surface area contributed by atoms with Crippen LogP contribution in [-0.4, -0.2) is 17.9 Å². The van der Waals surface area contributed by atoms with Crippen molar-refractivity contribution in [1.29, 1.82) is 0 Å². The molecule has 2 aromatic rings. The second-order valence-electron chi connectivity index (χ2n) is 6.20. The maximum absolute atomic E-state index is 12.7. The molecule has 1 heterocycles. The third-order valence-electron chi connectivity index (χ3n) is 4.30. The van der Waals surface area contributed by atoms with Gasteiger partial charge >= 0.3 is 0 Å². The highest BCUT2D eigenvalue weighted by Crippen LogP contribution is 2.18. The lowest BCUT2D eigenvalue weighted by atomic mass is 9.95. The largest absolute Gasteiger partial charge is 0.348 e. The Kier molecular flexibility index (Phi) is 6.01. The van der Waals surface area contributed by atoms with E-state index in [4.69, 9.17) is 0 Å². The van der Waals surface area contributed by atoms with Crippen molar-refractivity contribution < 1.29 is 9.59 Å². The van der Waals surface area contributed by atoms with Crippen molar-refractivity contribution in [3.63, 3.8) is 0 Å². The molecule has 130 valence electrons. The van der Waals surface area contributed by atoms with Crippen molar-refractivity contribution in [3.05, 3.63) is 64.0 Å². The first-order valence-electron chi connectivity index (χ1n) is 8.65. The van der Waals surface area contributed by atoms with Crippen molar-refractivity contribution in [2.24, 2.45) is 0 Å². The van der Waals surface area contributed by atoms with Crippen molar-refractivity contribution in [3.8, 4) is 0 Å². The van der Waals surface area contributed by atoms with Gasteiger partial charge in [-0.2, -0.15) is 0 Å². The van der Waals surface area contributed by atoms with E-state index in [1.807, 2.05) is 23.6 Å². The molecular weight excluding hydrogens is 332 g/mol.